The fraction of sp³-hybridized carbons (Fsp3) is 0.143. The molecule has 0 saturated heterocycles. The van der Waals surface area contributed by atoms with Crippen LogP contribution in [0.15, 0.2) is 47.1 Å². The summed E-state index contributed by atoms with van der Waals surface area (Å²) in [5, 5.41) is 0.841. The minimum atomic E-state index is -0.0331. The zero-order valence-electron chi connectivity index (χ0n) is 14.2. The number of hydrogen-bond acceptors (Lipinski definition) is 5. The Hall–Kier alpha value is -2.92. The lowest BCUT2D eigenvalue weighted by molar-refractivity contribution is 0.102. The molecule has 0 aliphatic heterocycles. The van der Waals surface area contributed by atoms with Crippen LogP contribution < -0.4 is 5.73 Å². The average Bonchev–Trinajstić information content (AvgIpc) is 3.28. The third kappa shape index (κ3) is 2.07. The zero-order chi connectivity index (χ0) is 17.8. The molecule has 0 unspecified atom stereocenters. The van der Waals surface area contributed by atoms with Crippen LogP contribution in [-0.4, -0.2) is 10.8 Å². The van der Waals surface area contributed by atoms with Crippen LogP contribution in [0, 0.1) is 0 Å². The van der Waals surface area contributed by atoms with Crippen LogP contribution in [0.3, 0.4) is 0 Å². The summed E-state index contributed by atoms with van der Waals surface area (Å²) in [7, 11) is 0. The second-order valence-corrected chi connectivity index (χ2v) is 7.53. The normalized spacial score (nSPS) is 12.8. The van der Waals surface area contributed by atoms with Gasteiger partial charge >= 0.3 is 0 Å². The number of nitrogens with zero attached hydrogens (tertiary/aromatic N) is 1. The fourth-order valence-electron chi connectivity index (χ4n) is 3.84. The molecule has 3 heterocycles. The van der Waals surface area contributed by atoms with Crippen molar-refractivity contribution in [3.63, 3.8) is 0 Å². The van der Waals surface area contributed by atoms with Gasteiger partial charge in [0.15, 0.2) is 5.78 Å². The average molecular weight is 360 g/mol. The van der Waals surface area contributed by atoms with Gasteiger partial charge in [-0.2, -0.15) is 0 Å². The van der Waals surface area contributed by atoms with Gasteiger partial charge in [0, 0.05) is 23.4 Å². The predicted molar refractivity (Wildman–Crippen MR) is 105 cm³/mol. The summed E-state index contributed by atoms with van der Waals surface area (Å²) in [5.41, 5.74) is 12.4. The number of anilines is 1. The second kappa shape index (κ2) is 5.54. The van der Waals surface area contributed by atoms with Crippen LogP contribution in [0.25, 0.3) is 32.8 Å². The van der Waals surface area contributed by atoms with Crippen molar-refractivity contribution in [1.29, 1.82) is 0 Å². The van der Waals surface area contributed by atoms with Crippen molar-refractivity contribution in [2.45, 2.75) is 19.8 Å². The molecule has 4 aromatic rings. The number of carbonyl (C=O) groups is 1. The molecule has 2 N–H and O–H groups in total. The minimum Gasteiger partial charge on any atom is -0.464 e. The van der Waals surface area contributed by atoms with E-state index in [1.165, 1.54) is 16.9 Å². The van der Waals surface area contributed by atoms with E-state index in [1.807, 2.05) is 18.2 Å². The smallest absolute Gasteiger partial charge is 0.171 e. The van der Waals surface area contributed by atoms with E-state index in [0.29, 0.717) is 10.6 Å². The molecule has 0 atom stereocenters. The number of ketones is 1. The van der Waals surface area contributed by atoms with Crippen LogP contribution in [0.1, 0.15) is 27.7 Å². The largest absolute Gasteiger partial charge is 0.464 e. The summed E-state index contributed by atoms with van der Waals surface area (Å²) in [6.45, 7) is 1.54. The third-order valence-electron chi connectivity index (χ3n) is 4.98. The first kappa shape index (κ1) is 15.3. The summed E-state index contributed by atoms with van der Waals surface area (Å²) in [6, 6.07) is 12.2. The molecule has 1 aliphatic rings. The highest BCUT2D eigenvalue weighted by molar-refractivity contribution is 7.21. The molecule has 0 fully saturated rings. The molecule has 4 nitrogen and oxygen atoms in total. The van der Waals surface area contributed by atoms with E-state index < -0.39 is 0 Å². The van der Waals surface area contributed by atoms with Crippen molar-refractivity contribution in [3.8, 4) is 22.6 Å². The Bertz CT molecular complexity index is 1170. The van der Waals surface area contributed by atoms with E-state index in [4.69, 9.17) is 15.1 Å². The summed E-state index contributed by atoms with van der Waals surface area (Å²) in [5.74, 6) is 0.738. The van der Waals surface area contributed by atoms with Gasteiger partial charge in [0.25, 0.3) is 0 Å². The molecule has 0 spiro atoms. The fourth-order valence-corrected chi connectivity index (χ4v) is 4.84. The monoisotopic (exact) mass is 360 g/mol. The van der Waals surface area contributed by atoms with Crippen LogP contribution in [-0.2, 0) is 12.8 Å². The standard InChI is InChI=1S/C21H16N2O2S/c1-11(24)20-18(22)17-16(15-7-4-10-25-15)14-9-8-12-5-2-3-6-13(12)19(14)23-21(17)26-20/h2-7,10H,8-9,22H2,1H3. The number of hydrogen-bond donors (Lipinski definition) is 1. The first-order valence-electron chi connectivity index (χ1n) is 8.53. The molecule has 3 aromatic heterocycles. The number of pyridine rings is 1. The van der Waals surface area contributed by atoms with E-state index in [1.54, 1.807) is 13.2 Å². The SMILES string of the molecule is CC(=O)c1sc2nc3c(c(-c4ccco4)c2c1N)CCc1ccccc1-3. The maximum atomic E-state index is 12.0. The molecule has 1 aromatic carbocycles. The Kier molecular flexibility index (Phi) is 3.27. The lowest BCUT2D eigenvalue weighted by Crippen LogP contribution is -2.08. The second-order valence-electron chi connectivity index (χ2n) is 6.53. The molecule has 0 saturated carbocycles. The number of benzene rings is 1. The highest BCUT2D eigenvalue weighted by Gasteiger charge is 2.27. The Morgan fingerprint density at radius 2 is 2.04 bits per heavy atom. The molecule has 5 rings (SSSR count). The number of Topliss-reactive ketones (excluding diaryl/α,β-unsaturated/α-hetero) is 1. The summed E-state index contributed by atoms with van der Waals surface area (Å²) in [6.07, 6.45) is 3.49. The van der Waals surface area contributed by atoms with Gasteiger partial charge in [-0.3, -0.25) is 4.79 Å². The number of aromatic nitrogens is 1. The van der Waals surface area contributed by atoms with Crippen molar-refractivity contribution in [1.82, 2.24) is 4.98 Å². The number of nitrogen functional groups attached to an aromatic ring is 1. The van der Waals surface area contributed by atoms with Gasteiger partial charge in [0.1, 0.15) is 10.6 Å². The first-order valence-corrected chi connectivity index (χ1v) is 9.34. The zero-order valence-corrected chi connectivity index (χ0v) is 15.0. The number of rotatable bonds is 2. The molecule has 5 heteroatoms. The lowest BCUT2D eigenvalue weighted by Gasteiger charge is -2.21. The molecular formula is C21H16N2O2S. The lowest BCUT2D eigenvalue weighted by atomic mass is 9.85. The topological polar surface area (TPSA) is 69.1 Å². The number of nitrogens with two attached hydrogens (primary N) is 1. The van der Waals surface area contributed by atoms with E-state index in [-0.39, 0.29) is 5.78 Å². The molecule has 26 heavy (non-hydrogen) atoms. The van der Waals surface area contributed by atoms with Gasteiger partial charge in [0.2, 0.25) is 0 Å². The van der Waals surface area contributed by atoms with E-state index in [2.05, 4.69) is 18.2 Å². The Morgan fingerprint density at radius 1 is 1.19 bits per heavy atom. The first-order chi connectivity index (χ1) is 12.6. The van der Waals surface area contributed by atoms with Gasteiger partial charge in [-0.25, -0.2) is 4.98 Å². The summed E-state index contributed by atoms with van der Waals surface area (Å²) < 4.78 is 5.74. The van der Waals surface area contributed by atoms with Crippen LogP contribution >= 0.6 is 11.3 Å². The van der Waals surface area contributed by atoms with Crippen molar-refractivity contribution in [2.24, 2.45) is 0 Å². The molecule has 1 aliphatic carbocycles. The molecule has 0 radical (unpaired) electrons. The van der Waals surface area contributed by atoms with Crippen LogP contribution in [0.5, 0.6) is 0 Å². The maximum Gasteiger partial charge on any atom is 0.171 e. The molecular weight excluding hydrogens is 344 g/mol. The van der Waals surface area contributed by atoms with Crippen molar-refractivity contribution < 1.29 is 9.21 Å². The van der Waals surface area contributed by atoms with Crippen molar-refractivity contribution in [3.05, 3.63) is 58.7 Å². The number of furan rings is 1. The van der Waals surface area contributed by atoms with Gasteiger partial charge in [-0.1, -0.05) is 24.3 Å². The van der Waals surface area contributed by atoms with Gasteiger partial charge in [-0.05, 0) is 36.1 Å². The van der Waals surface area contributed by atoms with Gasteiger partial charge in [0.05, 0.1) is 22.5 Å². The number of fused-ring (bicyclic) bond motifs is 4. The predicted octanol–water partition coefficient (Wildman–Crippen LogP) is 5.11. The number of aryl methyl sites for hydroxylation is 1. The molecule has 128 valence electrons. The Balaban J connectivity index is 1.95. The Morgan fingerprint density at radius 3 is 2.81 bits per heavy atom. The van der Waals surface area contributed by atoms with E-state index >= 15 is 0 Å². The number of carbonyl (C=O) groups excluding carboxylic acids is 1. The Labute approximate surface area is 154 Å². The van der Waals surface area contributed by atoms with Gasteiger partial charge in [-0.15, -0.1) is 11.3 Å². The highest BCUT2D eigenvalue weighted by atomic mass is 32.1. The molecule has 0 bridgehead atoms. The summed E-state index contributed by atoms with van der Waals surface area (Å²) >= 11 is 1.36. The van der Waals surface area contributed by atoms with Crippen LogP contribution in [0.4, 0.5) is 5.69 Å². The van der Waals surface area contributed by atoms with Crippen molar-refractivity contribution in [2.75, 3.05) is 5.73 Å². The minimum absolute atomic E-state index is 0.0331. The maximum absolute atomic E-state index is 12.0. The van der Waals surface area contributed by atoms with E-state index in [9.17, 15) is 4.79 Å². The van der Waals surface area contributed by atoms with Crippen molar-refractivity contribution >= 4 is 33.0 Å². The van der Waals surface area contributed by atoms with Gasteiger partial charge < -0.3 is 10.2 Å². The molecule has 0 amide bonds. The number of thiophene rings is 1. The highest BCUT2D eigenvalue weighted by Crippen LogP contribution is 2.46. The summed E-state index contributed by atoms with van der Waals surface area (Å²) in [4.78, 5) is 18.3. The third-order valence-corrected chi connectivity index (χ3v) is 6.18. The van der Waals surface area contributed by atoms with Crippen LogP contribution in [0.2, 0.25) is 0 Å². The van der Waals surface area contributed by atoms with E-state index in [0.717, 1.165) is 51.2 Å². The quantitative estimate of drug-likeness (QED) is 0.505.